The van der Waals surface area contributed by atoms with E-state index in [2.05, 4.69) is 15.3 Å². The van der Waals surface area contributed by atoms with Gasteiger partial charge in [0.05, 0.1) is 14.2 Å². The van der Waals surface area contributed by atoms with Gasteiger partial charge in [0.1, 0.15) is 5.01 Å². The number of halogens is 1. The van der Waals surface area contributed by atoms with Gasteiger partial charge in [-0.05, 0) is 30.3 Å². The predicted molar refractivity (Wildman–Crippen MR) is 97.6 cm³/mol. The minimum Gasteiger partial charge on any atom is -0.493 e. The molecule has 0 N–H and O–H groups in total. The Bertz CT molecular complexity index is 1060. The standard InChI is InChI=1S/C17H13ClN4O2S/c1-23-13-7-6-10(9-14(13)24-2)15-19-20-17-22(15)21-16(25-17)11-4-3-5-12(18)8-11/h3-9H,1-2H3. The van der Waals surface area contributed by atoms with Crippen LogP contribution in [-0.2, 0) is 0 Å². The van der Waals surface area contributed by atoms with Crippen molar-refractivity contribution in [2.75, 3.05) is 14.2 Å². The van der Waals surface area contributed by atoms with Crippen LogP contribution in [0.15, 0.2) is 42.5 Å². The van der Waals surface area contributed by atoms with E-state index in [0.29, 0.717) is 27.3 Å². The summed E-state index contributed by atoms with van der Waals surface area (Å²) in [5, 5.41) is 14.6. The Labute approximate surface area is 152 Å². The van der Waals surface area contributed by atoms with Crippen molar-refractivity contribution in [3.05, 3.63) is 47.5 Å². The summed E-state index contributed by atoms with van der Waals surface area (Å²) in [6.07, 6.45) is 0. The Morgan fingerprint density at radius 2 is 1.80 bits per heavy atom. The van der Waals surface area contributed by atoms with Crippen LogP contribution in [0, 0.1) is 0 Å². The Balaban J connectivity index is 1.81. The van der Waals surface area contributed by atoms with Gasteiger partial charge in [-0.25, -0.2) is 0 Å². The number of nitrogens with zero attached hydrogens (tertiary/aromatic N) is 4. The summed E-state index contributed by atoms with van der Waals surface area (Å²) in [4.78, 5) is 0.708. The molecule has 6 nitrogen and oxygen atoms in total. The highest BCUT2D eigenvalue weighted by atomic mass is 35.5. The summed E-state index contributed by atoms with van der Waals surface area (Å²) in [5.41, 5.74) is 1.79. The van der Waals surface area contributed by atoms with Gasteiger partial charge in [-0.15, -0.1) is 10.2 Å². The number of aromatic nitrogens is 4. The van der Waals surface area contributed by atoms with Crippen molar-refractivity contribution in [1.82, 2.24) is 19.8 Å². The van der Waals surface area contributed by atoms with Crippen molar-refractivity contribution in [2.24, 2.45) is 0 Å². The lowest BCUT2D eigenvalue weighted by Gasteiger charge is -2.08. The first-order valence-electron chi connectivity index (χ1n) is 7.40. The first kappa shape index (κ1) is 15.9. The van der Waals surface area contributed by atoms with Crippen molar-refractivity contribution in [3.8, 4) is 33.5 Å². The van der Waals surface area contributed by atoms with Gasteiger partial charge in [0.15, 0.2) is 17.3 Å². The highest BCUT2D eigenvalue weighted by molar-refractivity contribution is 7.19. The molecule has 126 valence electrons. The summed E-state index contributed by atoms with van der Waals surface area (Å²) in [6.45, 7) is 0. The molecule has 4 rings (SSSR count). The van der Waals surface area contributed by atoms with Crippen LogP contribution < -0.4 is 9.47 Å². The molecule has 0 radical (unpaired) electrons. The first-order valence-corrected chi connectivity index (χ1v) is 8.59. The van der Waals surface area contributed by atoms with E-state index in [4.69, 9.17) is 21.1 Å². The van der Waals surface area contributed by atoms with Crippen LogP contribution in [0.2, 0.25) is 5.02 Å². The molecule has 0 atom stereocenters. The second-order valence-electron chi connectivity index (χ2n) is 5.21. The maximum Gasteiger partial charge on any atom is 0.235 e. The van der Waals surface area contributed by atoms with E-state index in [0.717, 1.165) is 16.1 Å². The zero-order valence-corrected chi connectivity index (χ0v) is 15.0. The first-order chi connectivity index (χ1) is 12.2. The zero-order chi connectivity index (χ0) is 17.4. The molecule has 2 heterocycles. The second kappa shape index (κ2) is 6.34. The van der Waals surface area contributed by atoms with E-state index in [9.17, 15) is 0 Å². The van der Waals surface area contributed by atoms with Gasteiger partial charge in [0.25, 0.3) is 0 Å². The number of ether oxygens (including phenoxy) is 2. The quantitative estimate of drug-likeness (QED) is 0.537. The van der Waals surface area contributed by atoms with Gasteiger partial charge in [-0.2, -0.15) is 9.61 Å². The second-order valence-corrected chi connectivity index (χ2v) is 6.60. The van der Waals surface area contributed by atoms with Crippen LogP contribution in [0.3, 0.4) is 0 Å². The molecule has 0 bridgehead atoms. The molecule has 0 saturated carbocycles. The fourth-order valence-electron chi connectivity index (χ4n) is 2.51. The third-order valence-electron chi connectivity index (χ3n) is 3.70. The molecule has 0 aliphatic rings. The molecular formula is C17H13ClN4O2S. The van der Waals surface area contributed by atoms with Gasteiger partial charge in [-0.1, -0.05) is 35.1 Å². The molecule has 0 spiro atoms. The van der Waals surface area contributed by atoms with Crippen LogP contribution in [0.1, 0.15) is 0 Å². The number of hydrogen-bond donors (Lipinski definition) is 0. The molecule has 4 aromatic rings. The van der Waals surface area contributed by atoms with E-state index in [-0.39, 0.29) is 0 Å². The fraction of sp³-hybridized carbons (Fsp3) is 0.118. The number of hydrogen-bond acceptors (Lipinski definition) is 6. The average Bonchev–Trinajstić information content (AvgIpc) is 3.21. The van der Waals surface area contributed by atoms with Gasteiger partial charge in [0.2, 0.25) is 4.96 Å². The zero-order valence-electron chi connectivity index (χ0n) is 13.4. The van der Waals surface area contributed by atoms with Crippen molar-refractivity contribution in [2.45, 2.75) is 0 Å². The van der Waals surface area contributed by atoms with E-state index in [1.165, 1.54) is 11.3 Å². The molecule has 0 fully saturated rings. The highest BCUT2D eigenvalue weighted by Gasteiger charge is 2.16. The van der Waals surface area contributed by atoms with Gasteiger partial charge in [-0.3, -0.25) is 0 Å². The minimum absolute atomic E-state index is 0.627. The smallest absolute Gasteiger partial charge is 0.235 e. The monoisotopic (exact) mass is 372 g/mol. The van der Waals surface area contributed by atoms with Crippen LogP contribution >= 0.6 is 22.9 Å². The summed E-state index contributed by atoms with van der Waals surface area (Å²) >= 11 is 7.53. The van der Waals surface area contributed by atoms with Crippen LogP contribution in [0.25, 0.3) is 26.9 Å². The minimum atomic E-state index is 0.627. The fourth-order valence-corrected chi connectivity index (χ4v) is 3.54. The molecular weight excluding hydrogens is 360 g/mol. The van der Waals surface area contributed by atoms with Crippen molar-refractivity contribution in [3.63, 3.8) is 0 Å². The average molecular weight is 373 g/mol. The topological polar surface area (TPSA) is 61.5 Å². The third-order valence-corrected chi connectivity index (χ3v) is 4.89. The lowest BCUT2D eigenvalue weighted by atomic mass is 10.2. The van der Waals surface area contributed by atoms with Crippen LogP contribution in [0.4, 0.5) is 0 Å². The summed E-state index contributed by atoms with van der Waals surface area (Å²) in [6, 6.07) is 13.2. The molecule has 0 amide bonds. The highest BCUT2D eigenvalue weighted by Crippen LogP contribution is 2.33. The Morgan fingerprint density at radius 1 is 0.960 bits per heavy atom. The van der Waals surface area contributed by atoms with E-state index < -0.39 is 0 Å². The SMILES string of the molecule is COc1ccc(-c2nnc3sc(-c4cccc(Cl)c4)nn23)cc1OC. The van der Waals surface area contributed by atoms with Crippen molar-refractivity contribution < 1.29 is 9.47 Å². The largest absolute Gasteiger partial charge is 0.493 e. The Hall–Kier alpha value is -2.64. The number of rotatable bonds is 4. The van der Waals surface area contributed by atoms with Gasteiger partial charge in [0, 0.05) is 16.1 Å². The Kier molecular flexibility index (Phi) is 4.03. The lowest BCUT2D eigenvalue weighted by Crippen LogP contribution is -1.94. The molecule has 25 heavy (non-hydrogen) atoms. The van der Waals surface area contributed by atoms with Gasteiger partial charge >= 0.3 is 0 Å². The van der Waals surface area contributed by atoms with E-state index in [1.54, 1.807) is 18.7 Å². The maximum atomic E-state index is 6.07. The van der Waals surface area contributed by atoms with Crippen LogP contribution in [0.5, 0.6) is 11.5 Å². The normalized spacial score (nSPS) is 11.0. The summed E-state index contributed by atoms with van der Waals surface area (Å²) in [5.74, 6) is 1.92. The number of fused-ring (bicyclic) bond motifs is 1. The number of benzene rings is 2. The van der Waals surface area contributed by atoms with Crippen LogP contribution in [-0.4, -0.2) is 34.0 Å². The summed E-state index contributed by atoms with van der Waals surface area (Å²) in [7, 11) is 3.20. The van der Waals surface area contributed by atoms with Gasteiger partial charge < -0.3 is 9.47 Å². The molecule has 0 unspecified atom stereocenters. The molecule has 0 aliphatic heterocycles. The number of methoxy groups -OCH3 is 2. The predicted octanol–water partition coefficient (Wildman–Crippen LogP) is 4.19. The van der Waals surface area contributed by atoms with E-state index >= 15 is 0 Å². The Morgan fingerprint density at radius 3 is 2.56 bits per heavy atom. The molecule has 0 aliphatic carbocycles. The third kappa shape index (κ3) is 2.81. The van der Waals surface area contributed by atoms with Crippen molar-refractivity contribution in [1.29, 1.82) is 0 Å². The molecule has 2 aromatic heterocycles. The van der Waals surface area contributed by atoms with E-state index in [1.807, 2.05) is 42.5 Å². The molecule has 8 heteroatoms. The van der Waals surface area contributed by atoms with Crippen molar-refractivity contribution >= 4 is 27.9 Å². The molecule has 0 saturated heterocycles. The molecule has 2 aromatic carbocycles. The lowest BCUT2D eigenvalue weighted by molar-refractivity contribution is 0.355. The maximum absolute atomic E-state index is 6.07. The summed E-state index contributed by atoms with van der Waals surface area (Å²) < 4.78 is 12.4.